The zero-order valence-electron chi connectivity index (χ0n) is 11.1. The van der Waals surface area contributed by atoms with E-state index in [2.05, 4.69) is 20.6 Å². The molecule has 0 aliphatic heterocycles. The predicted octanol–water partition coefficient (Wildman–Crippen LogP) is 0.761. The fourth-order valence-corrected chi connectivity index (χ4v) is 1.18. The van der Waals surface area contributed by atoms with E-state index in [1.165, 1.54) is 0 Å². The van der Waals surface area contributed by atoms with Crippen molar-refractivity contribution in [2.45, 2.75) is 25.6 Å². The topological polar surface area (TPSA) is 92.9 Å². The van der Waals surface area contributed by atoms with Crippen molar-refractivity contribution in [2.24, 2.45) is 5.73 Å². The first-order valence-electron chi connectivity index (χ1n) is 5.82. The molecule has 0 saturated carbocycles. The van der Waals surface area contributed by atoms with Gasteiger partial charge in [-0.15, -0.1) is 0 Å². The minimum absolute atomic E-state index is 0.152. The van der Waals surface area contributed by atoms with Crippen LogP contribution in [0.15, 0.2) is 12.3 Å². The molecule has 0 bridgehead atoms. The van der Waals surface area contributed by atoms with Crippen molar-refractivity contribution in [3.05, 3.63) is 18.0 Å². The Morgan fingerprint density at radius 3 is 2.55 bits per heavy atom. The van der Waals surface area contributed by atoms with E-state index in [-0.39, 0.29) is 24.9 Å². The van der Waals surface area contributed by atoms with Crippen LogP contribution >= 0.6 is 0 Å². The number of nitrogens with zero attached hydrogens (tertiary/aromatic N) is 2. The Balaban J connectivity index is 2.46. The molecule has 0 spiro atoms. The number of carbonyl (C=O) groups excluding carboxylic acids is 1. The van der Waals surface area contributed by atoms with Gasteiger partial charge in [0.25, 0.3) is 0 Å². The van der Waals surface area contributed by atoms with Crippen LogP contribution in [0.2, 0.25) is 0 Å². The van der Waals surface area contributed by atoms with Crippen LogP contribution < -0.4 is 16.4 Å². The van der Waals surface area contributed by atoms with Crippen LogP contribution in [-0.2, 0) is 11.0 Å². The molecule has 0 unspecified atom stereocenters. The lowest BCUT2D eigenvalue weighted by Gasteiger charge is -2.17. The minimum Gasteiger partial charge on any atom is -0.353 e. The summed E-state index contributed by atoms with van der Waals surface area (Å²) in [6.45, 7) is 3.47. The van der Waals surface area contributed by atoms with E-state index < -0.39 is 17.4 Å². The zero-order chi connectivity index (χ0) is 15.4. The van der Waals surface area contributed by atoms with E-state index in [9.17, 15) is 18.0 Å². The Hall–Kier alpha value is -1.90. The summed E-state index contributed by atoms with van der Waals surface area (Å²) in [6, 6.07) is 0.782. The second-order valence-electron chi connectivity index (χ2n) is 4.67. The molecule has 1 aromatic rings. The Bertz CT molecular complexity index is 470. The second-order valence-corrected chi connectivity index (χ2v) is 4.67. The molecular weight excluding hydrogens is 275 g/mol. The van der Waals surface area contributed by atoms with Gasteiger partial charge in [0.2, 0.25) is 11.9 Å². The SMILES string of the molecule is CC(C)(N)C(=O)NCCNc1nccc(C(F)(F)F)n1. The molecule has 1 amide bonds. The van der Waals surface area contributed by atoms with Gasteiger partial charge >= 0.3 is 6.18 Å². The summed E-state index contributed by atoms with van der Waals surface area (Å²) in [4.78, 5) is 18.4. The Kier molecular flexibility index (Phi) is 4.88. The highest BCUT2D eigenvalue weighted by Crippen LogP contribution is 2.27. The molecule has 9 heteroatoms. The van der Waals surface area contributed by atoms with E-state index in [0.717, 1.165) is 12.3 Å². The number of anilines is 1. The standard InChI is InChI=1S/C11H16F3N5O/c1-10(2,15)8(20)16-5-6-18-9-17-4-3-7(19-9)11(12,13)14/h3-4H,5-6,15H2,1-2H3,(H,16,20)(H,17,18,19). The third kappa shape index (κ3) is 5.00. The molecule has 0 aromatic carbocycles. The molecule has 0 aliphatic carbocycles. The Morgan fingerprint density at radius 1 is 1.35 bits per heavy atom. The van der Waals surface area contributed by atoms with Crippen molar-refractivity contribution in [3.63, 3.8) is 0 Å². The van der Waals surface area contributed by atoms with E-state index in [1.54, 1.807) is 13.8 Å². The maximum atomic E-state index is 12.4. The van der Waals surface area contributed by atoms with Gasteiger partial charge in [-0.3, -0.25) is 4.79 Å². The number of alkyl halides is 3. The molecule has 0 radical (unpaired) electrons. The summed E-state index contributed by atoms with van der Waals surface area (Å²) >= 11 is 0. The lowest BCUT2D eigenvalue weighted by atomic mass is 10.1. The van der Waals surface area contributed by atoms with Crippen LogP contribution in [0.1, 0.15) is 19.5 Å². The van der Waals surface area contributed by atoms with Crippen LogP contribution in [0.4, 0.5) is 19.1 Å². The normalized spacial score (nSPS) is 12.1. The number of nitrogens with one attached hydrogen (secondary N) is 2. The van der Waals surface area contributed by atoms with Crippen molar-refractivity contribution in [1.82, 2.24) is 15.3 Å². The quantitative estimate of drug-likeness (QED) is 0.696. The lowest BCUT2D eigenvalue weighted by molar-refractivity contribution is -0.141. The molecule has 6 nitrogen and oxygen atoms in total. The molecule has 0 saturated heterocycles. The summed E-state index contributed by atoms with van der Waals surface area (Å²) in [5.74, 6) is -0.509. The van der Waals surface area contributed by atoms with E-state index in [1.807, 2.05) is 0 Å². The first-order valence-corrected chi connectivity index (χ1v) is 5.82. The summed E-state index contributed by atoms with van der Waals surface area (Å²) in [5, 5.41) is 5.12. The van der Waals surface area contributed by atoms with Gasteiger partial charge in [0.1, 0.15) is 5.69 Å². The van der Waals surface area contributed by atoms with Crippen molar-refractivity contribution >= 4 is 11.9 Å². The molecule has 1 aromatic heterocycles. The molecule has 1 rings (SSSR count). The largest absolute Gasteiger partial charge is 0.433 e. The average Bonchev–Trinajstić information content (AvgIpc) is 2.32. The van der Waals surface area contributed by atoms with Crippen LogP contribution in [-0.4, -0.2) is 34.5 Å². The number of hydrogen-bond donors (Lipinski definition) is 3. The van der Waals surface area contributed by atoms with E-state index in [4.69, 9.17) is 5.73 Å². The highest BCUT2D eigenvalue weighted by atomic mass is 19.4. The molecule has 0 fully saturated rings. The minimum atomic E-state index is -4.52. The number of nitrogens with two attached hydrogens (primary N) is 1. The maximum absolute atomic E-state index is 12.4. The fourth-order valence-electron chi connectivity index (χ4n) is 1.18. The van der Waals surface area contributed by atoms with Crippen molar-refractivity contribution < 1.29 is 18.0 Å². The smallest absolute Gasteiger partial charge is 0.353 e. The fraction of sp³-hybridized carbons (Fsp3) is 0.545. The molecule has 20 heavy (non-hydrogen) atoms. The monoisotopic (exact) mass is 291 g/mol. The van der Waals surface area contributed by atoms with E-state index in [0.29, 0.717) is 0 Å². The highest BCUT2D eigenvalue weighted by Gasteiger charge is 2.32. The molecule has 1 heterocycles. The van der Waals surface area contributed by atoms with Gasteiger partial charge < -0.3 is 16.4 Å². The average molecular weight is 291 g/mol. The van der Waals surface area contributed by atoms with Gasteiger partial charge in [-0.05, 0) is 19.9 Å². The van der Waals surface area contributed by atoms with Crippen molar-refractivity contribution in [1.29, 1.82) is 0 Å². The van der Waals surface area contributed by atoms with E-state index >= 15 is 0 Å². The summed E-state index contributed by atoms with van der Waals surface area (Å²) in [5.41, 5.74) is 3.52. The van der Waals surface area contributed by atoms with Crippen molar-refractivity contribution in [2.75, 3.05) is 18.4 Å². The van der Waals surface area contributed by atoms with Gasteiger partial charge in [-0.2, -0.15) is 13.2 Å². The third-order valence-electron chi connectivity index (χ3n) is 2.22. The first kappa shape index (κ1) is 16.2. The van der Waals surface area contributed by atoms with Gasteiger partial charge in [0, 0.05) is 19.3 Å². The lowest BCUT2D eigenvalue weighted by Crippen LogP contribution is -2.50. The Morgan fingerprint density at radius 2 is 2.00 bits per heavy atom. The number of carbonyl (C=O) groups is 1. The number of amides is 1. The van der Waals surface area contributed by atoms with Crippen LogP contribution in [0.25, 0.3) is 0 Å². The zero-order valence-corrected chi connectivity index (χ0v) is 11.1. The highest BCUT2D eigenvalue weighted by molar-refractivity contribution is 5.85. The number of aromatic nitrogens is 2. The molecule has 4 N–H and O–H groups in total. The molecule has 112 valence electrons. The third-order valence-corrected chi connectivity index (χ3v) is 2.22. The number of hydrogen-bond acceptors (Lipinski definition) is 5. The van der Waals surface area contributed by atoms with Crippen LogP contribution in [0, 0.1) is 0 Å². The van der Waals surface area contributed by atoms with Gasteiger partial charge in [-0.25, -0.2) is 9.97 Å². The summed E-state index contributed by atoms with van der Waals surface area (Å²) in [6.07, 6.45) is -3.50. The summed E-state index contributed by atoms with van der Waals surface area (Å²) in [7, 11) is 0. The molecule has 0 atom stereocenters. The molecular formula is C11H16F3N5O. The van der Waals surface area contributed by atoms with Gasteiger partial charge in [0.15, 0.2) is 0 Å². The first-order chi connectivity index (χ1) is 9.10. The number of rotatable bonds is 5. The van der Waals surface area contributed by atoms with Gasteiger partial charge in [-0.1, -0.05) is 0 Å². The Labute approximate surface area is 114 Å². The summed E-state index contributed by atoms with van der Waals surface area (Å²) < 4.78 is 37.2. The second kappa shape index (κ2) is 6.04. The van der Waals surface area contributed by atoms with Crippen molar-refractivity contribution in [3.8, 4) is 0 Å². The van der Waals surface area contributed by atoms with Gasteiger partial charge in [0.05, 0.1) is 5.54 Å². The number of halogens is 3. The molecule has 0 aliphatic rings. The predicted molar refractivity (Wildman–Crippen MR) is 66.8 cm³/mol. The maximum Gasteiger partial charge on any atom is 0.433 e. The van der Waals surface area contributed by atoms with Crippen LogP contribution in [0.5, 0.6) is 0 Å². The van der Waals surface area contributed by atoms with Crippen LogP contribution in [0.3, 0.4) is 0 Å².